The lowest BCUT2D eigenvalue weighted by Gasteiger charge is -2.64. The van der Waals surface area contributed by atoms with E-state index in [0.29, 0.717) is 17.4 Å². The van der Waals surface area contributed by atoms with Gasteiger partial charge < -0.3 is 19.9 Å². The van der Waals surface area contributed by atoms with Crippen LogP contribution in [-0.4, -0.2) is 68.7 Å². The van der Waals surface area contributed by atoms with Gasteiger partial charge in [-0.1, -0.05) is 155 Å². The Labute approximate surface area is 404 Å². The highest BCUT2D eigenvalue weighted by atomic mass is 16.5. The predicted molar refractivity (Wildman–Crippen MR) is 280 cm³/mol. The molecule has 5 heteroatoms. The van der Waals surface area contributed by atoms with E-state index < -0.39 is 0 Å². The second kappa shape index (κ2) is 29.5. The first-order valence-electron chi connectivity index (χ1n) is 29.2. The zero-order valence-electron chi connectivity index (χ0n) is 44.5. The molecule has 5 rings (SSSR count). The summed E-state index contributed by atoms with van der Waals surface area (Å²) in [6.07, 6.45) is 48.8. The summed E-state index contributed by atoms with van der Waals surface area (Å²) in [5.41, 5.74) is 10.2. The highest BCUT2D eigenvalue weighted by Crippen LogP contribution is 2.68. The molecule has 378 valence electrons. The summed E-state index contributed by atoms with van der Waals surface area (Å²) in [6, 6.07) is 0.661. The first-order valence-corrected chi connectivity index (χ1v) is 29.2. The lowest BCUT2D eigenvalue weighted by atomic mass is 9.43. The molecule has 1 saturated heterocycles. The minimum atomic E-state index is -0.0110. The second-order valence-electron chi connectivity index (χ2n) is 24.1. The predicted octanol–water partition coefficient (Wildman–Crippen LogP) is 16.2. The van der Waals surface area contributed by atoms with Crippen LogP contribution in [0, 0.1) is 46.3 Å². The van der Waals surface area contributed by atoms with Gasteiger partial charge in [0.25, 0.3) is 0 Å². The summed E-state index contributed by atoms with van der Waals surface area (Å²) in [5, 5.41) is 0. The Morgan fingerprint density at radius 1 is 0.723 bits per heavy atom. The van der Waals surface area contributed by atoms with Gasteiger partial charge in [0.05, 0.1) is 12.7 Å². The Morgan fingerprint density at radius 3 is 2.14 bits per heavy atom. The molecule has 0 spiro atoms. The number of likely N-dealkylation sites (tertiary alicyclic amines) is 1. The molecule has 1 heterocycles. The van der Waals surface area contributed by atoms with E-state index in [0.717, 1.165) is 75.6 Å². The minimum absolute atomic E-state index is 0.0110. The number of nitrogens with two attached hydrogens (primary N) is 1. The lowest BCUT2D eigenvalue weighted by molar-refractivity contribution is -0.0713. The van der Waals surface area contributed by atoms with Gasteiger partial charge in [0.1, 0.15) is 0 Å². The van der Waals surface area contributed by atoms with E-state index in [1.807, 2.05) is 0 Å². The highest BCUT2D eigenvalue weighted by molar-refractivity contribution is 5.32. The Bertz CT molecular complexity index is 1330. The average Bonchev–Trinajstić information content (AvgIpc) is 3.86. The second-order valence-corrected chi connectivity index (χ2v) is 24.1. The fraction of sp³-hybridized carbons (Fsp3) is 0.933. The van der Waals surface area contributed by atoms with Gasteiger partial charge in [0.15, 0.2) is 0 Å². The first-order chi connectivity index (χ1) is 31.5. The molecule has 2 N–H and O–H groups in total. The number of ether oxygens (including phenoxy) is 3. The van der Waals surface area contributed by atoms with Gasteiger partial charge in [-0.25, -0.2) is 0 Å². The monoisotopic (exact) mass is 907 g/mol. The Hall–Kier alpha value is -0.720. The van der Waals surface area contributed by atoms with Crippen LogP contribution in [0.2, 0.25) is 0 Å². The smallest absolute Gasteiger partial charge is 0.0935 e. The molecule has 2 unspecified atom stereocenters. The van der Waals surface area contributed by atoms with Crippen LogP contribution in [0.25, 0.3) is 0 Å². The molecule has 4 aliphatic carbocycles. The third-order valence-corrected chi connectivity index (χ3v) is 18.9. The number of fused-ring (bicyclic) bond motifs is 5. The van der Waals surface area contributed by atoms with Gasteiger partial charge in [-0.15, -0.1) is 0 Å². The van der Waals surface area contributed by atoms with Gasteiger partial charge in [-0.3, -0.25) is 4.90 Å². The zero-order chi connectivity index (χ0) is 46.4. The van der Waals surface area contributed by atoms with Crippen molar-refractivity contribution in [1.82, 2.24) is 4.90 Å². The summed E-state index contributed by atoms with van der Waals surface area (Å²) < 4.78 is 18.9. The van der Waals surface area contributed by atoms with Crippen LogP contribution >= 0.6 is 0 Å². The highest BCUT2D eigenvalue weighted by Gasteiger charge is 2.64. The number of unbranched alkanes of at least 4 members (excludes halogenated alkanes) is 13. The Morgan fingerprint density at radius 2 is 1.42 bits per heavy atom. The van der Waals surface area contributed by atoms with Crippen molar-refractivity contribution in [2.24, 2.45) is 52.1 Å². The molecule has 5 nitrogen and oxygen atoms in total. The molecule has 10 atom stereocenters. The molecule has 0 radical (unpaired) electrons. The van der Waals surface area contributed by atoms with E-state index in [1.165, 1.54) is 199 Å². The maximum atomic E-state index is 7.80. The Kier molecular flexibility index (Phi) is 25.0. The van der Waals surface area contributed by atoms with E-state index in [4.69, 9.17) is 19.9 Å². The third kappa shape index (κ3) is 16.7. The molecule has 0 amide bonds. The largest absolute Gasteiger partial charge is 0.381 e. The van der Waals surface area contributed by atoms with E-state index in [2.05, 4.69) is 71.6 Å². The van der Waals surface area contributed by atoms with Gasteiger partial charge in [0, 0.05) is 50.0 Å². The number of hydrogen-bond acceptors (Lipinski definition) is 5. The molecular weight excluding hydrogens is 797 g/mol. The summed E-state index contributed by atoms with van der Waals surface area (Å²) in [5.74, 6) is 4.88. The molecule has 0 aromatic rings. The molecule has 65 heavy (non-hydrogen) atoms. The number of rotatable bonds is 35. The van der Waals surface area contributed by atoms with E-state index >= 15 is 0 Å². The van der Waals surface area contributed by atoms with Crippen LogP contribution < -0.4 is 5.73 Å². The van der Waals surface area contributed by atoms with Crippen molar-refractivity contribution in [3.8, 4) is 0 Å². The van der Waals surface area contributed by atoms with Crippen molar-refractivity contribution in [1.29, 1.82) is 0 Å². The van der Waals surface area contributed by atoms with Crippen LogP contribution in [-0.2, 0) is 14.2 Å². The van der Waals surface area contributed by atoms with Crippen molar-refractivity contribution in [3.05, 3.63) is 23.8 Å². The van der Waals surface area contributed by atoms with Crippen LogP contribution in [0.1, 0.15) is 248 Å². The quantitative estimate of drug-likeness (QED) is 0.0507. The standard InChI is InChI=1S/C60H110N2O3/c1-8-9-10-11-12-13-14-15-16-17-18-19-20-21-22-24-43-64-48-54(47-62-41-27-31-51(62)5)65-45-28-44-63-42-25-23-32-52-37-38-59(7)53(46-52)33-34-57-56-36-35-55(50(4)30-26-29-49(2)3)58(56,6)39-40-60(57,59)61/h15-16,33,49-52,54-57H,8-14,17-32,34-48,61H2,1-7H3/b16-15-/t50-,51?,52+,54?,55-,56+,57+,58-,59+,60-/m1/s1. The van der Waals surface area contributed by atoms with Crippen LogP contribution in [0.5, 0.6) is 0 Å². The number of hydrogen-bond donors (Lipinski definition) is 1. The van der Waals surface area contributed by atoms with Crippen LogP contribution in [0.4, 0.5) is 0 Å². The van der Waals surface area contributed by atoms with E-state index in [-0.39, 0.29) is 17.1 Å². The molecule has 5 aliphatic rings. The fourth-order valence-corrected chi connectivity index (χ4v) is 14.5. The van der Waals surface area contributed by atoms with Crippen molar-refractivity contribution < 1.29 is 14.2 Å². The van der Waals surface area contributed by atoms with Crippen molar-refractivity contribution in [3.63, 3.8) is 0 Å². The van der Waals surface area contributed by atoms with Crippen molar-refractivity contribution in [2.45, 2.75) is 265 Å². The molecular formula is C60H110N2O3. The van der Waals surface area contributed by atoms with E-state index in [9.17, 15) is 0 Å². The van der Waals surface area contributed by atoms with Gasteiger partial charge in [0.2, 0.25) is 0 Å². The molecule has 1 aliphatic heterocycles. The van der Waals surface area contributed by atoms with Crippen LogP contribution in [0.3, 0.4) is 0 Å². The van der Waals surface area contributed by atoms with E-state index in [1.54, 1.807) is 5.57 Å². The minimum Gasteiger partial charge on any atom is -0.381 e. The van der Waals surface area contributed by atoms with Crippen molar-refractivity contribution in [2.75, 3.05) is 46.1 Å². The summed E-state index contributed by atoms with van der Waals surface area (Å²) >= 11 is 0. The normalized spacial score (nSPS) is 31.3. The number of allylic oxidation sites excluding steroid dienone is 3. The fourth-order valence-electron chi connectivity index (χ4n) is 14.5. The maximum absolute atomic E-state index is 7.80. The summed E-state index contributed by atoms with van der Waals surface area (Å²) in [4.78, 5) is 2.61. The SMILES string of the molecule is CCCCCCCC/C=C\CCCCCCCCOCC(CN1CCCC1C)OCCCOCCCC[C@H]1CC[C@@]2(C)C(=CC[C@H]3[C@@H]4CC[C@H]([C@H](C)CCCC(C)C)[C@@]4(C)CC[C@@]32N)C1. The third-order valence-electron chi connectivity index (χ3n) is 18.9. The Balaban J connectivity index is 0.897. The topological polar surface area (TPSA) is 57.0 Å². The number of nitrogens with zero attached hydrogens (tertiary/aromatic N) is 1. The van der Waals surface area contributed by atoms with Gasteiger partial charge in [-0.2, -0.15) is 0 Å². The average molecular weight is 908 g/mol. The van der Waals surface area contributed by atoms with Crippen molar-refractivity contribution >= 4 is 0 Å². The molecule has 3 saturated carbocycles. The first kappa shape index (κ1) is 55.2. The summed E-state index contributed by atoms with van der Waals surface area (Å²) in [6.45, 7) is 23.6. The maximum Gasteiger partial charge on any atom is 0.0935 e. The summed E-state index contributed by atoms with van der Waals surface area (Å²) in [7, 11) is 0. The van der Waals surface area contributed by atoms with Gasteiger partial charge in [-0.05, 0) is 164 Å². The molecule has 0 bridgehead atoms. The lowest BCUT2D eigenvalue weighted by Crippen LogP contribution is -2.67. The molecule has 0 aromatic heterocycles. The zero-order valence-corrected chi connectivity index (χ0v) is 44.5. The van der Waals surface area contributed by atoms with Gasteiger partial charge >= 0.3 is 0 Å². The van der Waals surface area contributed by atoms with Crippen LogP contribution in [0.15, 0.2) is 23.8 Å². The molecule has 4 fully saturated rings. The molecule has 0 aromatic carbocycles.